The molecule has 2 heteroatoms. The van der Waals surface area contributed by atoms with Crippen LogP contribution in [0.4, 0.5) is 4.39 Å². The van der Waals surface area contributed by atoms with Crippen LogP contribution in [-0.4, -0.2) is 19.0 Å². The van der Waals surface area contributed by atoms with Crippen molar-refractivity contribution in [3.05, 3.63) is 35.3 Å². The van der Waals surface area contributed by atoms with E-state index in [1.165, 1.54) is 5.57 Å². The lowest BCUT2D eigenvalue weighted by Gasteiger charge is -2.15. The molecule has 1 aliphatic carbocycles. The second-order valence-electron chi connectivity index (χ2n) is 4.09. The average molecular weight is 195 g/mol. The number of hydrogen-bond acceptors (Lipinski definition) is 1. The zero-order chi connectivity index (χ0) is 10.7. The topological polar surface area (TPSA) is 3.24 Å². The summed E-state index contributed by atoms with van der Waals surface area (Å²) in [5, 5.41) is 0. The van der Waals surface area contributed by atoms with Gasteiger partial charge in [-0.3, -0.25) is 0 Å². The molecule has 14 heavy (non-hydrogen) atoms. The molecule has 78 valence electrons. The number of nitrogens with zero attached hydrogens (tertiary/aromatic N) is 1. The van der Waals surface area contributed by atoms with Gasteiger partial charge in [0.25, 0.3) is 0 Å². The summed E-state index contributed by atoms with van der Waals surface area (Å²) in [4.78, 5) is 1.83. The third-order valence-electron chi connectivity index (χ3n) is 2.44. The van der Waals surface area contributed by atoms with Crippen molar-refractivity contribution < 1.29 is 4.39 Å². The van der Waals surface area contributed by atoms with Gasteiger partial charge in [0.05, 0.1) is 5.70 Å². The van der Waals surface area contributed by atoms with Crippen LogP contribution in [0.15, 0.2) is 35.3 Å². The Morgan fingerprint density at radius 1 is 1.29 bits per heavy atom. The minimum absolute atomic E-state index is 0.123. The summed E-state index contributed by atoms with van der Waals surface area (Å²) in [6, 6.07) is 0. The fourth-order valence-electron chi connectivity index (χ4n) is 1.47. The molecule has 0 saturated carbocycles. The molecule has 0 spiro atoms. The van der Waals surface area contributed by atoms with Crippen molar-refractivity contribution in [1.82, 2.24) is 4.90 Å². The first-order valence-corrected chi connectivity index (χ1v) is 4.96. The Kier molecular flexibility index (Phi) is 3.50. The lowest BCUT2D eigenvalue weighted by Crippen LogP contribution is -2.11. The first-order valence-electron chi connectivity index (χ1n) is 4.96. The van der Waals surface area contributed by atoms with E-state index in [4.69, 9.17) is 0 Å². The van der Waals surface area contributed by atoms with Crippen LogP contribution in [0.5, 0.6) is 0 Å². The van der Waals surface area contributed by atoms with Gasteiger partial charge in [0.2, 0.25) is 0 Å². The predicted octanol–water partition coefficient (Wildman–Crippen LogP) is 3.27. The highest BCUT2D eigenvalue weighted by molar-refractivity contribution is 5.33. The highest BCUT2D eigenvalue weighted by Crippen LogP contribution is 2.23. The minimum atomic E-state index is -0.123. The molecule has 0 amide bonds. The molecule has 0 aliphatic heterocycles. The van der Waals surface area contributed by atoms with Gasteiger partial charge in [-0.05, 0) is 17.6 Å². The molecule has 1 nitrogen and oxygen atoms in total. The van der Waals surface area contributed by atoms with Gasteiger partial charge < -0.3 is 4.90 Å². The normalized spacial score (nSPS) is 17.1. The van der Waals surface area contributed by atoms with E-state index >= 15 is 0 Å². The Labute approximate surface area is 85.6 Å². The van der Waals surface area contributed by atoms with Gasteiger partial charge >= 0.3 is 0 Å². The zero-order valence-corrected chi connectivity index (χ0v) is 9.34. The van der Waals surface area contributed by atoms with Crippen molar-refractivity contribution >= 4 is 0 Å². The van der Waals surface area contributed by atoms with Crippen molar-refractivity contribution in [2.45, 2.75) is 20.3 Å². The van der Waals surface area contributed by atoms with Crippen LogP contribution in [0.3, 0.4) is 0 Å². The second-order valence-corrected chi connectivity index (χ2v) is 4.09. The first-order chi connectivity index (χ1) is 6.52. The zero-order valence-electron chi connectivity index (χ0n) is 9.34. The van der Waals surface area contributed by atoms with Gasteiger partial charge in [-0.25, -0.2) is 4.39 Å². The van der Waals surface area contributed by atoms with Crippen LogP contribution in [0.25, 0.3) is 0 Å². The summed E-state index contributed by atoms with van der Waals surface area (Å²) < 4.78 is 13.5. The predicted molar refractivity (Wildman–Crippen MR) is 58.5 cm³/mol. The summed E-state index contributed by atoms with van der Waals surface area (Å²) >= 11 is 0. The van der Waals surface area contributed by atoms with Crippen LogP contribution >= 0.6 is 0 Å². The van der Waals surface area contributed by atoms with Crippen molar-refractivity contribution in [2.75, 3.05) is 14.1 Å². The molecule has 0 atom stereocenters. The Morgan fingerprint density at radius 3 is 2.43 bits per heavy atom. The van der Waals surface area contributed by atoms with Crippen molar-refractivity contribution in [1.29, 1.82) is 0 Å². The molecule has 1 rings (SSSR count). The minimum Gasteiger partial charge on any atom is -0.378 e. The molecule has 0 aromatic rings. The Morgan fingerprint density at radius 2 is 1.93 bits per heavy atom. The van der Waals surface area contributed by atoms with E-state index in [-0.39, 0.29) is 5.83 Å². The smallest absolute Gasteiger partial charge is 0.142 e. The third kappa shape index (κ3) is 2.47. The maximum absolute atomic E-state index is 13.5. The quantitative estimate of drug-likeness (QED) is 0.653. The lowest BCUT2D eigenvalue weighted by molar-refractivity contribution is 0.468. The van der Waals surface area contributed by atoms with Crippen molar-refractivity contribution in [2.24, 2.45) is 5.92 Å². The number of allylic oxidation sites excluding steroid dienone is 5. The van der Waals surface area contributed by atoms with Crippen LogP contribution in [0.2, 0.25) is 0 Å². The molecule has 0 unspecified atom stereocenters. The van der Waals surface area contributed by atoms with Gasteiger partial charge in [-0.2, -0.15) is 0 Å². The SMILES string of the molecule is CC(C)C1=CCC(N(C)C)=C(F)C=C1. The number of halogens is 1. The second kappa shape index (κ2) is 4.45. The molecule has 0 aromatic heterocycles. The molecular formula is C12H18FN. The summed E-state index contributed by atoms with van der Waals surface area (Å²) in [6.07, 6.45) is 6.22. The maximum atomic E-state index is 13.5. The van der Waals surface area contributed by atoms with E-state index in [1.54, 1.807) is 6.08 Å². The fourth-order valence-corrected chi connectivity index (χ4v) is 1.47. The summed E-state index contributed by atoms with van der Waals surface area (Å²) in [5.41, 5.74) is 1.95. The van der Waals surface area contributed by atoms with Crippen LogP contribution in [0, 0.1) is 5.92 Å². The highest BCUT2D eigenvalue weighted by Gasteiger charge is 2.10. The van der Waals surface area contributed by atoms with Crippen molar-refractivity contribution in [3.8, 4) is 0 Å². The maximum Gasteiger partial charge on any atom is 0.142 e. The summed E-state index contributed by atoms with van der Waals surface area (Å²) in [6.45, 7) is 4.24. The van der Waals surface area contributed by atoms with Gasteiger partial charge in [0.15, 0.2) is 0 Å². The number of rotatable bonds is 2. The van der Waals surface area contributed by atoms with Gasteiger partial charge in [0, 0.05) is 20.5 Å². The lowest BCUT2D eigenvalue weighted by atomic mass is 10.0. The average Bonchev–Trinajstić information content (AvgIpc) is 2.26. The Hall–Kier alpha value is -1.05. The Bertz CT molecular complexity index is 295. The molecule has 0 N–H and O–H groups in total. The molecular weight excluding hydrogens is 177 g/mol. The fraction of sp³-hybridized carbons (Fsp3) is 0.500. The van der Waals surface area contributed by atoms with E-state index in [9.17, 15) is 4.39 Å². The molecule has 0 saturated heterocycles. The molecule has 0 heterocycles. The van der Waals surface area contributed by atoms with Gasteiger partial charge in [-0.1, -0.05) is 26.0 Å². The van der Waals surface area contributed by atoms with E-state index in [0.29, 0.717) is 12.3 Å². The van der Waals surface area contributed by atoms with Crippen molar-refractivity contribution in [3.63, 3.8) is 0 Å². The van der Waals surface area contributed by atoms with Crippen LogP contribution in [-0.2, 0) is 0 Å². The van der Waals surface area contributed by atoms with E-state index in [1.807, 2.05) is 25.1 Å². The monoisotopic (exact) mass is 195 g/mol. The molecule has 1 aliphatic rings. The molecule has 0 fully saturated rings. The van der Waals surface area contributed by atoms with Crippen LogP contribution in [0.1, 0.15) is 20.3 Å². The standard InChI is InChI=1S/C12H18FN/c1-9(2)10-5-7-11(13)12(8-6-10)14(3)4/h5-7,9H,8H2,1-4H3. The third-order valence-corrected chi connectivity index (χ3v) is 2.44. The molecule has 0 bridgehead atoms. The largest absolute Gasteiger partial charge is 0.378 e. The molecule has 0 aromatic carbocycles. The van der Waals surface area contributed by atoms with Gasteiger partial charge in [-0.15, -0.1) is 0 Å². The number of hydrogen-bond donors (Lipinski definition) is 0. The Balaban J connectivity index is 2.91. The summed E-state index contributed by atoms with van der Waals surface area (Å²) in [5.74, 6) is 0.336. The van der Waals surface area contributed by atoms with E-state index in [0.717, 1.165) is 5.70 Å². The highest BCUT2D eigenvalue weighted by atomic mass is 19.1. The van der Waals surface area contributed by atoms with Crippen LogP contribution < -0.4 is 0 Å². The molecule has 0 radical (unpaired) electrons. The summed E-state index contributed by atoms with van der Waals surface area (Å²) in [7, 11) is 3.74. The first kappa shape index (κ1) is 11.0. The van der Waals surface area contributed by atoms with Gasteiger partial charge in [0.1, 0.15) is 5.83 Å². The van der Waals surface area contributed by atoms with E-state index in [2.05, 4.69) is 19.9 Å². The van der Waals surface area contributed by atoms with E-state index < -0.39 is 0 Å².